The number of amides is 1. The van der Waals surface area contributed by atoms with E-state index in [9.17, 15) is 4.79 Å². The van der Waals surface area contributed by atoms with Crippen molar-refractivity contribution in [3.63, 3.8) is 0 Å². The SMILES string of the molecule is CCC1=NN2C(=N)/C(=C/c3cc(Br)ccc3OCCOc3ccc(C)c(C)c3)C(=O)N=C2S1. The number of ether oxygens (including phenoxy) is 2. The van der Waals surface area contributed by atoms with Gasteiger partial charge in [0.25, 0.3) is 5.91 Å². The molecule has 0 unspecified atom stereocenters. The number of thioether (sulfide) groups is 1. The van der Waals surface area contributed by atoms with Gasteiger partial charge in [-0.3, -0.25) is 10.2 Å². The van der Waals surface area contributed by atoms with Crippen LogP contribution >= 0.6 is 27.7 Å². The molecule has 0 radical (unpaired) electrons. The number of halogens is 1. The maximum atomic E-state index is 12.7. The molecule has 1 amide bonds. The van der Waals surface area contributed by atoms with E-state index in [1.165, 1.54) is 27.9 Å². The molecule has 2 aromatic rings. The van der Waals surface area contributed by atoms with Crippen LogP contribution in [-0.2, 0) is 4.79 Å². The first-order valence-corrected chi connectivity index (χ1v) is 12.1. The van der Waals surface area contributed by atoms with Crippen molar-refractivity contribution in [1.82, 2.24) is 5.01 Å². The lowest BCUT2D eigenvalue weighted by Gasteiger charge is -2.20. The van der Waals surface area contributed by atoms with Crippen LogP contribution in [0.4, 0.5) is 0 Å². The van der Waals surface area contributed by atoms with E-state index in [4.69, 9.17) is 14.9 Å². The van der Waals surface area contributed by atoms with Gasteiger partial charge in [-0.25, -0.2) is 0 Å². The average Bonchev–Trinajstić information content (AvgIpc) is 3.21. The van der Waals surface area contributed by atoms with Crippen LogP contribution in [0.15, 0.2) is 56.5 Å². The van der Waals surface area contributed by atoms with Crippen LogP contribution in [0, 0.1) is 19.3 Å². The largest absolute Gasteiger partial charge is 0.490 e. The summed E-state index contributed by atoms with van der Waals surface area (Å²) in [5.74, 6) is 0.920. The van der Waals surface area contributed by atoms with Gasteiger partial charge >= 0.3 is 0 Å². The Bertz CT molecular complexity index is 1220. The number of hydrazone groups is 1. The molecule has 2 aliphatic rings. The lowest BCUT2D eigenvalue weighted by Crippen LogP contribution is -2.35. The molecule has 0 saturated carbocycles. The maximum Gasteiger partial charge on any atom is 0.283 e. The zero-order valence-corrected chi connectivity index (χ0v) is 20.9. The zero-order chi connectivity index (χ0) is 23.5. The Hall–Kier alpha value is -2.91. The Balaban J connectivity index is 1.49. The van der Waals surface area contributed by atoms with Crippen molar-refractivity contribution in [1.29, 1.82) is 5.41 Å². The smallest absolute Gasteiger partial charge is 0.283 e. The third-order valence-electron chi connectivity index (χ3n) is 5.16. The molecule has 0 atom stereocenters. The number of carbonyl (C=O) groups excluding carboxylic acids is 1. The minimum absolute atomic E-state index is 0.00458. The first-order chi connectivity index (χ1) is 15.9. The van der Waals surface area contributed by atoms with Crippen molar-refractivity contribution in [3.8, 4) is 11.5 Å². The number of nitrogens with zero attached hydrogens (tertiary/aromatic N) is 3. The van der Waals surface area contributed by atoms with E-state index in [-0.39, 0.29) is 11.4 Å². The van der Waals surface area contributed by atoms with E-state index in [2.05, 4.69) is 32.9 Å². The molecule has 9 heteroatoms. The van der Waals surface area contributed by atoms with E-state index in [1.807, 2.05) is 50.2 Å². The molecule has 2 heterocycles. The summed E-state index contributed by atoms with van der Waals surface area (Å²) in [5.41, 5.74) is 3.21. The van der Waals surface area contributed by atoms with E-state index >= 15 is 0 Å². The molecule has 1 N–H and O–H groups in total. The third-order valence-corrected chi connectivity index (χ3v) is 6.70. The van der Waals surface area contributed by atoms with E-state index < -0.39 is 5.91 Å². The minimum atomic E-state index is -0.463. The van der Waals surface area contributed by atoms with Gasteiger partial charge in [-0.1, -0.05) is 28.9 Å². The number of rotatable bonds is 7. The highest BCUT2D eigenvalue weighted by atomic mass is 79.9. The van der Waals surface area contributed by atoms with Crippen LogP contribution in [0.25, 0.3) is 6.08 Å². The van der Waals surface area contributed by atoms with Crippen LogP contribution in [0.2, 0.25) is 0 Å². The van der Waals surface area contributed by atoms with Crippen LogP contribution in [0.5, 0.6) is 11.5 Å². The molecule has 0 saturated heterocycles. The predicted octanol–water partition coefficient (Wildman–Crippen LogP) is 5.55. The van der Waals surface area contributed by atoms with E-state index in [0.29, 0.717) is 36.1 Å². The van der Waals surface area contributed by atoms with E-state index in [0.717, 1.165) is 15.3 Å². The van der Waals surface area contributed by atoms with Crippen LogP contribution < -0.4 is 9.47 Å². The van der Waals surface area contributed by atoms with Crippen molar-refractivity contribution in [2.24, 2.45) is 10.1 Å². The molecule has 2 aromatic carbocycles. The van der Waals surface area contributed by atoms with Gasteiger partial charge in [0.05, 0.1) is 5.57 Å². The van der Waals surface area contributed by atoms with Crippen molar-refractivity contribution in [2.45, 2.75) is 27.2 Å². The standard InChI is InChI=1S/C24H23BrN4O3S/c1-4-21-28-29-22(26)19(23(30)27-24(29)33-21)13-16-12-17(25)6-8-20(16)32-10-9-31-18-7-5-14(2)15(3)11-18/h5-8,11-13,26H,4,9-10H2,1-3H3/b19-13-,26-22?. The molecule has 2 aliphatic heterocycles. The van der Waals surface area contributed by atoms with Crippen LogP contribution in [0.1, 0.15) is 30.0 Å². The summed E-state index contributed by atoms with van der Waals surface area (Å²) in [7, 11) is 0. The zero-order valence-electron chi connectivity index (χ0n) is 18.5. The van der Waals surface area contributed by atoms with E-state index in [1.54, 1.807) is 6.08 Å². The summed E-state index contributed by atoms with van der Waals surface area (Å²) in [6.07, 6.45) is 2.34. The fourth-order valence-corrected chi connectivity index (χ4v) is 4.41. The van der Waals surface area contributed by atoms with Gasteiger partial charge < -0.3 is 9.47 Å². The summed E-state index contributed by atoms with van der Waals surface area (Å²) in [5, 5.41) is 15.5. The summed E-state index contributed by atoms with van der Waals surface area (Å²) >= 11 is 4.79. The number of aliphatic imine (C=N–C) groups is 1. The molecule has 7 nitrogen and oxygen atoms in total. The van der Waals surface area contributed by atoms with Crippen LogP contribution in [0.3, 0.4) is 0 Å². The molecule has 170 valence electrons. The highest BCUT2D eigenvalue weighted by Gasteiger charge is 2.35. The van der Waals surface area contributed by atoms with Gasteiger partial charge in [0.2, 0.25) is 5.17 Å². The molecule has 0 spiro atoms. The molecule has 4 rings (SSSR count). The molecule has 0 aromatic heterocycles. The Kier molecular flexibility index (Phi) is 6.99. The highest BCUT2D eigenvalue weighted by molar-refractivity contribution is 9.10. The van der Waals surface area contributed by atoms with Gasteiger partial charge in [-0.15, -0.1) is 0 Å². The number of carbonyl (C=O) groups is 1. The predicted molar refractivity (Wildman–Crippen MR) is 136 cm³/mol. The molecular formula is C24H23BrN4O3S. The lowest BCUT2D eigenvalue weighted by molar-refractivity contribution is -0.114. The van der Waals surface area contributed by atoms with Crippen molar-refractivity contribution in [3.05, 3.63) is 63.1 Å². The minimum Gasteiger partial charge on any atom is -0.490 e. The number of fused-ring (bicyclic) bond motifs is 1. The normalized spacial score (nSPS) is 16.6. The lowest BCUT2D eigenvalue weighted by atomic mass is 10.1. The molecule has 33 heavy (non-hydrogen) atoms. The van der Waals surface area contributed by atoms with Crippen molar-refractivity contribution in [2.75, 3.05) is 13.2 Å². The molecule has 0 bridgehead atoms. The van der Waals surface area contributed by atoms with Gasteiger partial charge in [-0.05, 0) is 79.6 Å². The third kappa shape index (κ3) is 5.20. The Morgan fingerprint density at radius 1 is 1.12 bits per heavy atom. The van der Waals surface area contributed by atoms with Gasteiger partial charge in [0.1, 0.15) is 29.8 Å². The van der Waals surface area contributed by atoms with Gasteiger partial charge in [0.15, 0.2) is 5.84 Å². The number of hydrogen-bond donors (Lipinski definition) is 1. The van der Waals surface area contributed by atoms with Crippen molar-refractivity contribution >= 4 is 55.7 Å². The number of benzene rings is 2. The number of nitrogens with one attached hydrogen (secondary N) is 1. The fraction of sp³-hybridized carbons (Fsp3) is 0.250. The van der Waals surface area contributed by atoms with Crippen LogP contribution in [-0.4, -0.2) is 40.2 Å². The second kappa shape index (κ2) is 9.93. The Morgan fingerprint density at radius 3 is 2.67 bits per heavy atom. The molecular weight excluding hydrogens is 504 g/mol. The highest BCUT2D eigenvalue weighted by Crippen LogP contribution is 2.31. The Morgan fingerprint density at radius 2 is 1.91 bits per heavy atom. The summed E-state index contributed by atoms with van der Waals surface area (Å²) < 4.78 is 12.6. The number of amidine groups is 2. The first-order valence-electron chi connectivity index (χ1n) is 10.5. The summed E-state index contributed by atoms with van der Waals surface area (Å²) in [6.45, 7) is 6.78. The quantitative estimate of drug-likeness (QED) is 0.377. The number of hydrogen-bond acceptors (Lipinski definition) is 6. The summed E-state index contributed by atoms with van der Waals surface area (Å²) in [4.78, 5) is 16.8. The second-order valence-electron chi connectivity index (χ2n) is 7.49. The topological polar surface area (TPSA) is 87.3 Å². The van der Waals surface area contributed by atoms with Crippen molar-refractivity contribution < 1.29 is 14.3 Å². The molecule has 0 aliphatic carbocycles. The molecule has 0 fully saturated rings. The second-order valence-corrected chi connectivity index (χ2v) is 9.45. The average molecular weight is 527 g/mol. The van der Waals surface area contributed by atoms with Gasteiger partial charge in [0, 0.05) is 10.0 Å². The fourth-order valence-electron chi connectivity index (χ4n) is 3.21. The first kappa shape index (κ1) is 23.3. The summed E-state index contributed by atoms with van der Waals surface area (Å²) in [6, 6.07) is 11.5. The number of aryl methyl sites for hydroxylation is 2. The maximum absolute atomic E-state index is 12.7. The van der Waals surface area contributed by atoms with Gasteiger partial charge in [-0.2, -0.15) is 15.1 Å². The monoisotopic (exact) mass is 526 g/mol. The Labute approximate surface area is 205 Å².